The first-order valence-electron chi connectivity index (χ1n) is 5.95. The van der Waals surface area contributed by atoms with Gasteiger partial charge in [-0.2, -0.15) is 0 Å². The predicted molar refractivity (Wildman–Crippen MR) is 70.3 cm³/mol. The zero-order valence-corrected chi connectivity index (χ0v) is 11.3. The standard InChI is InChI=1S/C12H18BrN3O/c13-10-4-9(7-15-8-10)5-11(16-14)6-12-2-1-3-17-12/h4,7-8,11-12,16H,1-3,5-6,14H2. The number of pyridine rings is 1. The first-order chi connectivity index (χ1) is 8.28. The van der Waals surface area contributed by atoms with Gasteiger partial charge in [-0.05, 0) is 53.2 Å². The Bertz CT molecular complexity index is 355. The normalized spacial score (nSPS) is 21.6. The number of hydrazine groups is 1. The number of aromatic nitrogens is 1. The van der Waals surface area contributed by atoms with Gasteiger partial charge in [-0.3, -0.25) is 16.3 Å². The number of nitrogens with one attached hydrogen (secondary N) is 1. The van der Waals surface area contributed by atoms with Crippen molar-refractivity contribution in [3.05, 3.63) is 28.5 Å². The van der Waals surface area contributed by atoms with Gasteiger partial charge in [-0.1, -0.05) is 0 Å². The van der Waals surface area contributed by atoms with Crippen molar-refractivity contribution in [2.45, 2.75) is 37.8 Å². The first-order valence-corrected chi connectivity index (χ1v) is 6.74. The van der Waals surface area contributed by atoms with Gasteiger partial charge in [0.05, 0.1) is 6.10 Å². The molecular weight excluding hydrogens is 282 g/mol. The van der Waals surface area contributed by atoms with Crippen LogP contribution in [-0.2, 0) is 11.2 Å². The van der Waals surface area contributed by atoms with Gasteiger partial charge in [-0.15, -0.1) is 0 Å². The maximum atomic E-state index is 5.63. The molecule has 2 heterocycles. The van der Waals surface area contributed by atoms with Crippen molar-refractivity contribution in [2.24, 2.45) is 5.84 Å². The van der Waals surface area contributed by atoms with Crippen molar-refractivity contribution in [3.63, 3.8) is 0 Å². The molecule has 5 heteroatoms. The molecule has 1 aliphatic rings. The SMILES string of the molecule is NNC(Cc1cncc(Br)c1)CC1CCCO1. The van der Waals surface area contributed by atoms with Gasteiger partial charge >= 0.3 is 0 Å². The molecule has 0 aliphatic carbocycles. The zero-order chi connectivity index (χ0) is 12.1. The lowest BCUT2D eigenvalue weighted by Gasteiger charge is -2.19. The Morgan fingerprint density at radius 1 is 1.59 bits per heavy atom. The molecule has 1 aromatic rings. The molecule has 0 saturated carbocycles. The summed E-state index contributed by atoms with van der Waals surface area (Å²) in [4.78, 5) is 4.16. The molecule has 1 saturated heterocycles. The summed E-state index contributed by atoms with van der Waals surface area (Å²) in [5.74, 6) is 5.60. The molecule has 1 fully saturated rings. The van der Waals surface area contributed by atoms with Gasteiger partial charge in [0.1, 0.15) is 0 Å². The van der Waals surface area contributed by atoms with Crippen LogP contribution in [0.3, 0.4) is 0 Å². The Morgan fingerprint density at radius 2 is 2.47 bits per heavy atom. The van der Waals surface area contributed by atoms with Gasteiger partial charge < -0.3 is 4.74 Å². The quantitative estimate of drug-likeness (QED) is 0.643. The van der Waals surface area contributed by atoms with Crippen LogP contribution in [-0.4, -0.2) is 23.7 Å². The molecule has 0 bridgehead atoms. The summed E-state index contributed by atoms with van der Waals surface area (Å²) < 4.78 is 6.63. The lowest BCUT2D eigenvalue weighted by Crippen LogP contribution is -2.39. The first kappa shape index (κ1) is 13.0. The van der Waals surface area contributed by atoms with Crippen LogP contribution in [0.2, 0.25) is 0 Å². The summed E-state index contributed by atoms with van der Waals surface area (Å²) in [6.07, 6.45) is 8.18. The van der Waals surface area contributed by atoms with E-state index in [2.05, 4.69) is 32.4 Å². The highest BCUT2D eigenvalue weighted by Crippen LogP contribution is 2.19. The Labute approximate surface area is 110 Å². The lowest BCUT2D eigenvalue weighted by molar-refractivity contribution is 0.0946. The van der Waals surface area contributed by atoms with Crippen molar-refractivity contribution < 1.29 is 4.74 Å². The maximum absolute atomic E-state index is 5.63. The van der Waals surface area contributed by atoms with Gasteiger partial charge in [0.2, 0.25) is 0 Å². The molecule has 2 atom stereocenters. The van der Waals surface area contributed by atoms with Crippen LogP contribution in [0.1, 0.15) is 24.8 Å². The van der Waals surface area contributed by atoms with E-state index in [0.717, 1.165) is 30.3 Å². The van der Waals surface area contributed by atoms with Gasteiger partial charge in [0.15, 0.2) is 0 Å². The molecule has 94 valence electrons. The number of ether oxygens (including phenoxy) is 1. The average molecular weight is 300 g/mol. The lowest BCUT2D eigenvalue weighted by atomic mass is 10.0. The second-order valence-electron chi connectivity index (χ2n) is 4.45. The van der Waals surface area contributed by atoms with E-state index in [1.54, 1.807) is 6.20 Å². The van der Waals surface area contributed by atoms with Crippen molar-refractivity contribution in [1.82, 2.24) is 10.4 Å². The predicted octanol–water partition coefficient (Wildman–Crippen LogP) is 1.79. The second kappa shape index (κ2) is 6.44. The Hall–Kier alpha value is -0.490. The Kier molecular flexibility index (Phi) is 4.91. The molecule has 0 spiro atoms. The minimum Gasteiger partial charge on any atom is -0.378 e. The fourth-order valence-corrected chi connectivity index (χ4v) is 2.62. The largest absolute Gasteiger partial charge is 0.378 e. The molecule has 2 unspecified atom stereocenters. The van der Waals surface area contributed by atoms with E-state index in [4.69, 9.17) is 10.6 Å². The van der Waals surface area contributed by atoms with E-state index in [0.29, 0.717) is 6.10 Å². The Morgan fingerprint density at radius 3 is 3.12 bits per heavy atom. The van der Waals surface area contributed by atoms with E-state index < -0.39 is 0 Å². The average Bonchev–Trinajstić information content (AvgIpc) is 2.81. The molecule has 0 amide bonds. The van der Waals surface area contributed by atoms with Crippen LogP contribution in [0.25, 0.3) is 0 Å². The number of hydrogen-bond acceptors (Lipinski definition) is 4. The maximum Gasteiger partial charge on any atom is 0.0591 e. The van der Waals surface area contributed by atoms with E-state index >= 15 is 0 Å². The third kappa shape index (κ3) is 4.03. The molecule has 3 N–H and O–H groups in total. The topological polar surface area (TPSA) is 60.2 Å². The van der Waals surface area contributed by atoms with Crippen LogP contribution >= 0.6 is 15.9 Å². The third-order valence-corrected chi connectivity index (χ3v) is 3.48. The number of halogens is 1. The molecule has 4 nitrogen and oxygen atoms in total. The van der Waals surface area contributed by atoms with Gasteiger partial charge in [0, 0.05) is 29.5 Å². The monoisotopic (exact) mass is 299 g/mol. The minimum absolute atomic E-state index is 0.245. The summed E-state index contributed by atoms with van der Waals surface area (Å²) in [6.45, 7) is 0.889. The van der Waals surface area contributed by atoms with Crippen molar-refractivity contribution in [2.75, 3.05) is 6.61 Å². The van der Waals surface area contributed by atoms with Crippen molar-refractivity contribution in [3.8, 4) is 0 Å². The molecule has 2 rings (SSSR count). The zero-order valence-electron chi connectivity index (χ0n) is 9.73. The highest BCUT2D eigenvalue weighted by Gasteiger charge is 2.20. The molecular formula is C12H18BrN3O. The van der Waals surface area contributed by atoms with Crippen LogP contribution < -0.4 is 11.3 Å². The van der Waals surface area contributed by atoms with Crippen molar-refractivity contribution >= 4 is 15.9 Å². The van der Waals surface area contributed by atoms with Crippen LogP contribution in [0.5, 0.6) is 0 Å². The van der Waals surface area contributed by atoms with Gasteiger partial charge in [-0.25, -0.2) is 0 Å². The summed E-state index contributed by atoms with van der Waals surface area (Å²) in [6, 6.07) is 2.32. The molecule has 0 radical (unpaired) electrons. The summed E-state index contributed by atoms with van der Waals surface area (Å²) in [5, 5.41) is 0. The van der Waals surface area contributed by atoms with E-state index in [-0.39, 0.29) is 6.04 Å². The number of hydrogen-bond donors (Lipinski definition) is 2. The number of rotatable bonds is 5. The fourth-order valence-electron chi connectivity index (χ4n) is 2.21. The Balaban J connectivity index is 1.90. The molecule has 0 aromatic carbocycles. The third-order valence-electron chi connectivity index (χ3n) is 3.05. The van der Waals surface area contributed by atoms with Crippen molar-refractivity contribution in [1.29, 1.82) is 0 Å². The van der Waals surface area contributed by atoms with Crippen LogP contribution in [0.15, 0.2) is 22.9 Å². The molecule has 1 aliphatic heterocycles. The second-order valence-corrected chi connectivity index (χ2v) is 5.37. The number of nitrogens with zero attached hydrogens (tertiary/aromatic N) is 1. The number of nitrogens with two attached hydrogens (primary N) is 1. The fraction of sp³-hybridized carbons (Fsp3) is 0.583. The summed E-state index contributed by atoms with van der Waals surface area (Å²) in [7, 11) is 0. The summed E-state index contributed by atoms with van der Waals surface area (Å²) in [5.41, 5.74) is 4.05. The van der Waals surface area contributed by atoms with Crippen LogP contribution in [0.4, 0.5) is 0 Å². The smallest absolute Gasteiger partial charge is 0.0591 e. The highest BCUT2D eigenvalue weighted by molar-refractivity contribution is 9.10. The van der Waals surface area contributed by atoms with E-state index in [9.17, 15) is 0 Å². The molecule has 17 heavy (non-hydrogen) atoms. The van der Waals surface area contributed by atoms with Gasteiger partial charge in [0.25, 0.3) is 0 Å². The van der Waals surface area contributed by atoms with E-state index in [1.165, 1.54) is 12.0 Å². The van der Waals surface area contributed by atoms with E-state index in [1.807, 2.05) is 6.20 Å². The summed E-state index contributed by atoms with van der Waals surface area (Å²) >= 11 is 3.42. The van der Waals surface area contributed by atoms with Crippen LogP contribution in [0, 0.1) is 0 Å². The highest BCUT2D eigenvalue weighted by atomic mass is 79.9. The molecule has 1 aromatic heterocycles. The minimum atomic E-state index is 0.245.